The van der Waals surface area contributed by atoms with E-state index in [2.05, 4.69) is 24.3 Å². The Hall–Kier alpha value is -1.99. The predicted octanol–water partition coefficient (Wildman–Crippen LogP) is 7.69. The lowest BCUT2D eigenvalue weighted by Gasteiger charge is -2.28. The van der Waals surface area contributed by atoms with Gasteiger partial charge in [0, 0.05) is 25.9 Å². The van der Waals surface area contributed by atoms with Crippen molar-refractivity contribution in [2.75, 3.05) is 26.4 Å². The third kappa shape index (κ3) is 8.56. The van der Waals surface area contributed by atoms with Gasteiger partial charge in [-0.1, -0.05) is 37.1 Å². The SMILES string of the molecule is CCO[Si](CCCCCCOc1ccc2c(c1)C=C(c1cccc(F)c1)CCC2)(OCC)OCC. The minimum Gasteiger partial charge on any atom is -0.494 e. The van der Waals surface area contributed by atoms with Crippen LogP contribution < -0.4 is 4.74 Å². The molecule has 0 amide bonds. The number of hydrogen-bond donors (Lipinski definition) is 0. The molecule has 3 rings (SSSR count). The molecule has 192 valence electrons. The molecular formula is C29H41FO4Si. The highest BCUT2D eigenvalue weighted by Crippen LogP contribution is 2.31. The maximum absolute atomic E-state index is 13.7. The number of fused-ring (bicyclic) bond motifs is 1. The van der Waals surface area contributed by atoms with Crippen molar-refractivity contribution in [3.8, 4) is 5.75 Å². The van der Waals surface area contributed by atoms with Crippen molar-refractivity contribution in [3.05, 3.63) is 65.0 Å². The summed E-state index contributed by atoms with van der Waals surface area (Å²) in [5, 5.41) is 0. The lowest BCUT2D eigenvalue weighted by molar-refractivity contribution is 0.0706. The first-order valence-electron chi connectivity index (χ1n) is 13.2. The van der Waals surface area contributed by atoms with Gasteiger partial charge in [0.25, 0.3) is 0 Å². The lowest BCUT2D eigenvalue weighted by Crippen LogP contribution is -2.45. The van der Waals surface area contributed by atoms with Gasteiger partial charge in [-0.15, -0.1) is 0 Å². The number of unbranched alkanes of at least 4 members (excludes halogenated alkanes) is 3. The number of benzene rings is 2. The average molecular weight is 501 g/mol. The van der Waals surface area contributed by atoms with Crippen LogP contribution >= 0.6 is 0 Å². The zero-order valence-electron chi connectivity index (χ0n) is 21.6. The van der Waals surface area contributed by atoms with E-state index in [1.807, 2.05) is 26.8 Å². The van der Waals surface area contributed by atoms with E-state index < -0.39 is 8.80 Å². The smallest absolute Gasteiger partial charge is 0.494 e. The highest BCUT2D eigenvalue weighted by atomic mass is 28.4. The summed E-state index contributed by atoms with van der Waals surface area (Å²) in [6.07, 6.45) is 9.51. The third-order valence-corrected chi connectivity index (χ3v) is 9.42. The summed E-state index contributed by atoms with van der Waals surface area (Å²) in [5.74, 6) is 0.711. The van der Waals surface area contributed by atoms with Crippen molar-refractivity contribution in [2.24, 2.45) is 0 Å². The van der Waals surface area contributed by atoms with Crippen LogP contribution in [0.3, 0.4) is 0 Å². The average Bonchev–Trinajstić information content (AvgIpc) is 3.06. The van der Waals surface area contributed by atoms with Crippen molar-refractivity contribution in [3.63, 3.8) is 0 Å². The second kappa shape index (κ2) is 14.5. The maximum Gasteiger partial charge on any atom is 0.500 e. The van der Waals surface area contributed by atoms with E-state index in [-0.39, 0.29) is 5.82 Å². The van der Waals surface area contributed by atoms with Gasteiger partial charge in [0.2, 0.25) is 0 Å². The topological polar surface area (TPSA) is 36.9 Å². The molecule has 0 unspecified atom stereocenters. The second-order valence-corrected chi connectivity index (χ2v) is 11.6. The largest absolute Gasteiger partial charge is 0.500 e. The van der Waals surface area contributed by atoms with E-state index >= 15 is 0 Å². The zero-order chi connectivity index (χ0) is 24.9. The van der Waals surface area contributed by atoms with Crippen molar-refractivity contribution < 1.29 is 22.4 Å². The molecule has 0 aromatic heterocycles. The van der Waals surface area contributed by atoms with Gasteiger partial charge in [-0.25, -0.2) is 4.39 Å². The van der Waals surface area contributed by atoms with Crippen molar-refractivity contribution in [1.82, 2.24) is 0 Å². The van der Waals surface area contributed by atoms with E-state index in [4.69, 9.17) is 18.0 Å². The molecule has 0 aliphatic heterocycles. The molecule has 2 aromatic rings. The molecule has 0 N–H and O–H groups in total. The molecule has 0 fully saturated rings. The molecule has 0 radical (unpaired) electrons. The van der Waals surface area contributed by atoms with Crippen LogP contribution in [0.2, 0.25) is 6.04 Å². The Balaban J connectivity index is 1.48. The summed E-state index contributed by atoms with van der Waals surface area (Å²) >= 11 is 0. The minimum absolute atomic E-state index is 0.188. The summed E-state index contributed by atoms with van der Waals surface area (Å²) in [4.78, 5) is 0. The summed E-state index contributed by atoms with van der Waals surface area (Å²) in [6, 6.07) is 14.1. The fraction of sp³-hybridized carbons (Fsp3) is 0.517. The first kappa shape index (κ1) is 27.6. The number of aryl methyl sites for hydroxylation is 1. The van der Waals surface area contributed by atoms with Crippen molar-refractivity contribution >= 4 is 20.5 Å². The van der Waals surface area contributed by atoms with Crippen LogP contribution in [0.15, 0.2) is 42.5 Å². The second-order valence-electron chi connectivity index (χ2n) is 8.89. The van der Waals surface area contributed by atoms with E-state index in [0.717, 1.165) is 62.3 Å². The number of rotatable bonds is 15. The molecule has 6 heteroatoms. The highest BCUT2D eigenvalue weighted by molar-refractivity contribution is 6.60. The van der Waals surface area contributed by atoms with Crippen LogP contribution in [-0.4, -0.2) is 35.2 Å². The van der Waals surface area contributed by atoms with Gasteiger partial charge in [0.1, 0.15) is 11.6 Å². The Morgan fingerprint density at radius 1 is 0.829 bits per heavy atom. The molecule has 1 aliphatic carbocycles. The standard InChI is InChI=1S/C29H41FO4Si/c1-4-32-35(33-5-2,34-6-3)20-10-8-7-9-19-31-29-18-17-24-13-11-14-25(21-27(24)23-29)26-15-12-16-28(30)22-26/h12,15-18,21-23H,4-11,13-14,19-20H2,1-3H3. The molecule has 35 heavy (non-hydrogen) atoms. The maximum atomic E-state index is 13.7. The fourth-order valence-corrected chi connectivity index (χ4v) is 7.34. The molecule has 4 nitrogen and oxygen atoms in total. The minimum atomic E-state index is -2.53. The Morgan fingerprint density at radius 3 is 2.29 bits per heavy atom. The Labute approximate surface area is 211 Å². The monoisotopic (exact) mass is 500 g/mol. The lowest BCUT2D eigenvalue weighted by atomic mass is 10.0. The van der Waals surface area contributed by atoms with Crippen LogP contribution in [0.1, 0.15) is 76.0 Å². The first-order chi connectivity index (χ1) is 17.1. The summed E-state index contributed by atoms with van der Waals surface area (Å²) < 4.78 is 37.6. The molecule has 1 aliphatic rings. The summed E-state index contributed by atoms with van der Waals surface area (Å²) in [6.45, 7) is 8.57. The third-order valence-electron chi connectivity index (χ3n) is 6.27. The van der Waals surface area contributed by atoms with Gasteiger partial charge in [-0.2, -0.15) is 0 Å². The summed E-state index contributed by atoms with van der Waals surface area (Å²) in [5.41, 5.74) is 4.66. The van der Waals surface area contributed by atoms with Gasteiger partial charge in [-0.3, -0.25) is 0 Å². The van der Waals surface area contributed by atoms with E-state index in [1.54, 1.807) is 12.1 Å². The highest BCUT2D eigenvalue weighted by Gasteiger charge is 2.39. The van der Waals surface area contributed by atoms with Crippen molar-refractivity contribution in [2.45, 2.75) is 71.8 Å². The van der Waals surface area contributed by atoms with E-state index in [1.165, 1.54) is 22.8 Å². The van der Waals surface area contributed by atoms with Crippen LogP contribution in [0.4, 0.5) is 4.39 Å². The van der Waals surface area contributed by atoms with E-state index in [9.17, 15) is 4.39 Å². The quantitative estimate of drug-likeness (QED) is 0.186. The molecular weight excluding hydrogens is 459 g/mol. The Kier molecular flexibility index (Phi) is 11.5. The van der Waals surface area contributed by atoms with Gasteiger partial charge in [-0.05, 0) is 99.4 Å². The number of allylic oxidation sites excluding steroid dienone is 1. The van der Waals surface area contributed by atoms with E-state index in [0.29, 0.717) is 26.4 Å². The first-order valence-corrected chi connectivity index (χ1v) is 15.2. The molecule has 0 atom stereocenters. The van der Waals surface area contributed by atoms with Gasteiger partial charge in [0.15, 0.2) is 0 Å². The predicted molar refractivity (Wildman–Crippen MR) is 143 cm³/mol. The van der Waals surface area contributed by atoms with Crippen LogP contribution in [0.25, 0.3) is 11.6 Å². The summed E-state index contributed by atoms with van der Waals surface area (Å²) in [7, 11) is -2.53. The van der Waals surface area contributed by atoms with Crippen LogP contribution in [0, 0.1) is 5.82 Å². The molecule has 0 saturated carbocycles. The van der Waals surface area contributed by atoms with Crippen LogP contribution in [0.5, 0.6) is 5.75 Å². The normalized spacial score (nSPS) is 13.8. The molecule has 0 spiro atoms. The number of halogens is 1. The Bertz CT molecular complexity index is 929. The number of ether oxygens (including phenoxy) is 1. The molecule has 0 bridgehead atoms. The van der Waals surface area contributed by atoms with Gasteiger partial charge < -0.3 is 18.0 Å². The van der Waals surface area contributed by atoms with Gasteiger partial charge >= 0.3 is 8.80 Å². The number of hydrogen-bond acceptors (Lipinski definition) is 4. The fourth-order valence-electron chi connectivity index (χ4n) is 4.66. The Morgan fingerprint density at radius 2 is 1.57 bits per heavy atom. The molecule has 2 aromatic carbocycles. The zero-order valence-corrected chi connectivity index (χ0v) is 22.6. The van der Waals surface area contributed by atoms with Crippen molar-refractivity contribution in [1.29, 1.82) is 0 Å². The molecule has 0 saturated heterocycles. The van der Waals surface area contributed by atoms with Crippen LogP contribution in [-0.2, 0) is 19.7 Å². The van der Waals surface area contributed by atoms with Gasteiger partial charge in [0.05, 0.1) is 6.61 Å². The molecule has 0 heterocycles.